The molecule has 0 bridgehead atoms. The smallest absolute Gasteiger partial charge is 0.340 e. The molecule has 0 spiro atoms. The van der Waals surface area contributed by atoms with Crippen molar-refractivity contribution in [1.82, 2.24) is 0 Å². The first-order chi connectivity index (χ1) is 9.06. The predicted molar refractivity (Wildman–Crippen MR) is 72.6 cm³/mol. The molecule has 1 aromatic carbocycles. The Kier molecular flexibility index (Phi) is 3.93. The number of halogens is 1. The van der Waals surface area contributed by atoms with Gasteiger partial charge in [-0.25, -0.2) is 9.18 Å². The molecule has 2 unspecified atom stereocenters. The number of esters is 1. The third kappa shape index (κ3) is 2.97. The van der Waals surface area contributed by atoms with Crippen molar-refractivity contribution in [1.29, 1.82) is 0 Å². The highest BCUT2D eigenvalue weighted by Crippen LogP contribution is 2.38. The number of carbonyl (C=O) groups is 1. The first kappa shape index (κ1) is 13.6. The number of nitrogens with one attached hydrogen (secondary N) is 1. The number of carbonyl (C=O) groups excluding carboxylic acids is 1. The summed E-state index contributed by atoms with van der Waals surface area (Å²) in [6.07, 6.45) is 3.31. The van der Waals surface area contributed by atoms with E-state index in [-0.39, 0.29) is 11.3 Å². The molecule has 2 atom stereocenters. The van der Waals surface area contributed by atoms with E-state index in [9.17, 15) is 9.18 Å². The van der Waals surface area contributed by atoms with Crippen molar-refractivity contribution in [3.8, 4) is 0 Å². The van der Waals surface area contributed by atoms with Crippen LogP contribution in [0, 0.1) is 11.7 Å². The van der Waals surface area contributed by atoms with Crippen LogP contribution in [0.1, 0.15) is 36.5 Å². The van der Waals surface area contributed by atoms with Gasteiger partial charge in [-0.3, -0.25) is 0 Å². The molecule has 0 amide bonds. The normalized spacial score (nSPS) is 21.0. The Morgan fingerprint density at radius 1 is 1.58 bits per heavy atom. The first-order valence-electron chi connectivity index (χ1n) is 6.50. The Balaban J connectivity index is 2.14. The molecular formula is C14H19FN2O2. The molecule has 104 valence electrons. The average molecular weight is 266 g/mol. The molecular weight excluding hydrogens is 247 g/mol. The van der Waals surface area contributed by atoms with Crippen LogP contribution in [-0.4, -0.2) is 19.1 Å². The maximum absolute atomic E-state index is 13.8. The predicted octanol–water partition coefficient (Wildman–Crippen LogP) is 2.79. The lowest BCUT2D eigenvalue weighted by Gasteiger charge is -2.11. The molecule has 1 aliphatic carbocycles. The van der Waals surface area contributed by atoms with Crippen molar-refractivity contribution in [3.63, 3.8) is 0 Å². The molecule has 2 rings (SSSR count). The van der Waals surface area contributed by atoms with Gasteiger partial charge < -0.3 is 15.8 Å². The third-order valence-corrected chi connectivity index (χ3v) is 3.47. The number of anilines is 2. The topological polar surface area (TPSA) is 64.3 Å². The Morgan fingerprint density at radius 3 is 2.95 bits per heavy atom. The first-order valence-corrected chi connectivity index (χ1v) is 6.50. The molecule has 0 radical (unpaired) electrons. The molecule has 0 aliphatic heterocycles. The van der Waals surface area contributed by atoms with Crippen molar-refractivity contribution >= 4 is 17.3 Å². The van der Waals surface area contributed by atoms with Crippen molar-refractivity contribution in [2.45, 2.75) is 32.2 Å². The number of methoxy groups -OCH3 is 1. The molecule has 1 aliphatic rings. The summed E-state index contributed by atoms with van der Waals surface area (Å²) < 4.78 is 18.4. The van der Waals surface area contributed by atoms with Crippen molar-refractivity contribution in [2.75, 3.05) is 18.2 Å². The SMILES string of the molecule is CCCC1CC1Nc1cc(C(=O)OC)c(N)cc1F. The lowest BCUT2D eigenvalue weighted by atomic mass is 10.1. The zero-order valence-corrected chi connectivity index (χ0v) is 11.2. The Hall–Kier alpha value is -1.78. The van der Waals surface area contributed by atoms with E-state index in [0.29, 0.717) is 17.6 Å². The van der Waals surface area contributed by atoms with Crippen LogP contribution < -0.4 is 11.1 Å². The largest absolute Gasteiger partial charge is 0.465 e. The summed E-state index contributed by atoms with van der Waals surface area (Å²) in [5.74, 6) is -0.391. The highest BCUT2D eigenvalue weighted by Gasteiger charge is 2.36. The Bertz CT molecular complexity index is 491. The number of hydrogen-bond donors (Lipinski definition) is 2. The van der Waals surface area contributed by atoms with Crippen molar-refractivity contribution in [3.05, 3.63) is 23.5 Å². The summed E-state index contributed by atoms with van der Waals surface area (Å²) in [6, 6.07) is 2.88. The molecule has 0 saturated heterocycles. The zero-order chi connectivity index (χ0) is 14.0. The van der Waals surface area contributed by atoms with Crippen LogP contribution in [0.5, 0.6) is 0 Å². The maximum Gasteiger partial charge on any atom is 0.340 e. The van der Waals surface area contributed by atoms with E-state index in [1.165, 1.54) is 13.2 Å². The van der Waals surface area contributed by atoms with Crippen LogP contribution in [-0.2, 0) is 4.74 Å². The van der Waals surface area contributed by atoms with Crippen LogP contribution in [0.4, 0.5) is 15.8 Å². The molecule has 1 fully saturated rings. The summed E-state index contributed by atoms with van der Waals surface area (Å²) >= 11 is 0. The van der Waals surface area contributed by atoms with Gasteiger partial charge in [0.2, 0.25) is 0 Å². The average Bonchev–Trinajstić information content (AvgIpc) is 3.10. The van der Waals surface area contributed by atoms with E-state index in [4.69, 9.17) is 5.73 Å². The monoisotopic (exact) mass is 266 g/mol. The van der Waals surface area contributed by atoms with Crippen LogP contribution >= 0.6 is 0 Å². The fourth-order valence-electron chi connectivity index (χ4n) is 2.30. The number of rotatable bonds is 5. The van der Waals surface area contributed by atoms with Gasteiger partial charge in [0.1, 0.15) is 5.82 Å². The molecule has 19 heavy (non-hydrogen) atoms. The van der Waals surface area contributed by atoms with Crippen LogP contribution in [0.3, 0.4) is 0 Å². The highest BCUT2D eigenvalue weighted by molar-refractivity contribution is 5.96. The molecule has 1 saturated carbocycles. The number of nitrogens with two attached hydrogens (primary N) is 1. The van der Waals surface area contributed by atoms with Gasteiger partial charge in [-0.1, -0.05) is 13.3 Å². The lowest BCUT2D eigenvalue weighted by molar-refractivity contribution is 0.0602. The second-order valence-electron chi connectivity index (χ2n) is 4.95. The van der Waals surface area contributed by atoms with Crippen molar-refractivity contribution < 1.29 is 13.9 Å². The summed E-state index contributed by atoms with van der Waals surface area (Å²) in [4.78, 5) is 11.5. The Morgan fingerprint density at radius 2 is 2.32 bits per heavy atom. The van der Waals surface area contributed by atoms with Gasteiger partial charge in [-0.2, -0.15) is 0 Å². The van der Waals surface area contributed by atoms with Gasteiger partial charge in [-0.05, 0) is 30.9 Å². The Labute approximate surface area is 112 Å². The van der Waals surface area contributed by atoms with Crippen LogP contribution in [0.2, 0.25) is 0 Å². The van der Waals surface area contributed by atoms with E-state index in [1.807, 2.05) is 0 Å². The number of nitrogen functional groups attached to an aromatic ring is 1. The van der Waals surface area contributed by atoms with E-state index in [2.05, 4.69) is 17.0 Å². The molecule has 0 aromatic heterocycles. The van der Waals surface area contributed by atoms with Gasteiger partial charge in [0, 0.05) is 11.7 Å². The van der Waals surface area contributed by atoms with Crippen molar-refractivity contribution in [2.24, 2.45) is 5.92 Å². The minimum Gasteiger partial charge on any atom is -0.465 e. The number of ether oxygens (including phenoxy) is 1. The fourth-order valence-corrected chi connectivity index (χ4v) is 2.30. The summed E-state index contributed by atoms with van der Waals surface area (Å²) in [7, 11) is 1.27. The van der Waals surface area contributed by atoms with E-state index < -0.39 is 11.8 Å². The molecule has 3 N–H and O–H groups in total. The lowest BCUT2D eigenvalue weighted by Crippen LogP contribution is -2.11. The zero-order valence-electron chi connectivity index (χ0n) is 11.2. The maximum atomic E-state index is 13.8. The van der Waals surface area contributed by atoms with Gasteiger partial charge in [0.05, 0.1) is 18.4 Å². The fraction of sp³-hybridized carbons (Fsp3) is 0.500. The minimum atomic E-state index is -0.554. The van der Waals surface area contributed by atoms with Gasteiger partial charge in [0.25, 0.3) is 0 Å². The minimum absolute atomic E-state index is 0.0933. The van der Waals surface area contributed by atoms with E-state index >= 15 is 0 Å². The van der Waals surface area contributed by atoms with E-state index in [1.54, 1.807) is 0 Å². The second kappa shape index (κ2) is 5.47. The quantitative estimate of drug-likeness (QED) is 0.635. The standard InChI is InChI=1S/C14H19FN2O2/c1-3-4-8-5-12(8)17-13-6-9(14(18)19-2)11(16)7-10(13)15/h6-8,12,17H,3-5,16H2,1-2H3. The van der Waals surface area contributed by atoms with Gasteiger partial charge in [0.15, 0.2) is 0 Å². The second-order valence-corrected chi connectivity index (χ2v) is 4.95. The molecule has 1 aromatic rings. The van der Waals surface area contributed by atoms with Crippen LogP contribution in [0.25, 0.3) is 0 Å². The third-order valence-electron chi connectivity index (χ3n) is 3.47. The number of benzene rings is 1. The molecule has 0 heterocycles. The molecule has 4 nitrogen and oxygen atoms in total. The highest BCUT2D eigenvalue weighted by atomic mass is 19.1. The summed E-state index contributed by atoms with van der Waals surface area (Å²) in [5.41, 5.74) is 6.22. The summed E-state index contributed by atoms with van der Waals surface area (Å²) in [6.45, 7) is 2.13. The van der Waals surface area contributed by atoms with E-state index in [0.717, 1.165) is 25.3 Å². The number of hydrogen-bond acceptors (Lipinski definition) is 4. The van der Waals surface area contributed by atoms with Crippen LogP contribution in [0.15, 0.2) is 12.1 Å². The molecule has 5 heteroatoms. The van der Waals surface area contributed by atoms with Gasteiger partial charge in [-0.15, -0.1) is 0 Å². The summed E-state index contributed by atoms with van der Waals surface area (Å²) in [5, 5.41) is 3.13. The van der Waals surface area contributed by atoms with Gasteiger partial charge >= 0.3 is 5.97 Å².